The van der Waals surface area contributed by atoms with Gasteiger partial charge in [-0.1, -0.05) is 34.1 Å². The molecular formula is C14H29N. The van der Waals surface area contributed by atoms with Crippen LogP contribution in [0.4, 0.5) is 0 Å². The fourth-order valence-corrected chi connectivity index (χ4v) is 3.15. The molecule has 1 unspecified atom stereocenters. The van der Waals surface area contributed by atoms with E-state index in [1.807, 2.05) is 0 Å². The molecular weight excluding hydrogens is 182 g/mol. The molecule has 90 valence electrons. The van der Waals surface area contributed by atoms with Crippen LogP contribution in [0.25, 0.3) is 0 Å². The Morgan fingerprint density at radius 3 is 2.20 bits per heavy atom. The van der Waals surface area contributed by atoms with Crippen molar-refractivity contribution in [3.63, 3.8) is 0 Å². The minimum atomic E-state index is 0.392. The van der Waals surface area contributed by atoms with Crippen LogP contribution in [-0.4, -0.2) is 23.0 Å². The molecule has 0 N–H and O–H groups in total. The molecule has 0 amide bonds. The molecule has 15 heavy (non-hydrogen) atoms. The van der Waals surface area contributed by atoms with E-state index in [1.165, 1.54) is 32.2 Å². The monoisotopic (exact) mass is 211 g/mol. The van der Waals surface area contributed by atoms with Crippen molar-refractivity contribution in [1.29, 1.82) is 0 Å². The van der Waals surface area contributed by atoms with Gasteiger partial charge in [0.15, 0.2) is 0 Å². The molecule has 0 saturated carbocycles. The molecule has 1 heteroatoms. The predicted molar refractivity (Wildman–Crippen MR) is 68.2 cm³/mol. The zero-order chi connectivity index (χ0) is 11.7. The predicted octanol–water partition coefficient (Wildman–Crippen LogP) is 4.08. The molecule has 0 aliphatic carbocycles. The van der Waals surface area contributed by atoms with E-state index in [1.54, 1.807) is 0 Å². The second-order valence-corrected chi connectivity index (χ2v) is 6.78. The van der Waals surface area contributed by atoms with Gasteiger partial charge in [0, 0.05) is 11.6 Å². The van der Waals surface area contributed by atoms with Gasteiger partial charge in [0.25, 0.3) is 0 Å². The number of hydrogen-bond acceptors (Lipinski definition) is 1. The summed E-state index contributed by atoms with van der Waals surface area (Å²) in [5.74, 6) is 0. The number of rotatable bonds is 3. The van der Waals surface area contributed by atoms with Crippen molar-refractivity contribution in [2.24, 2.45) is 5.41 Å². The van der Waals surface area contributed by atoms with Crippen LogP contribution in [0.2, 0.25) is 0 Å². The Bertz CT molecular complexity index is 200. The van der Waals surface area contributed by atoms with Crippen molar-refractivity contribution in [2.45, 2.75) is 78.8 Å². The molecule has 1 aliphatic rings. The SMILES string of the molecule is CCCC(C)(C)N1CCCC1C(C)(C)C. The number of nitrogens with zero attached hydrogens (tertiary/aromatic N) is 1. The Morgan fingerprint density at radius 1 is 1.13 bits per heavy atom. The lowest BCUT2D eigenvalue weighted by Crippen LogP contribution is -2.51. The van der Waals surface area contributed by atoms with Crippen LogP contribution < -0.4 is 0 Å². The van der Waals surface area contributed by atoms with Gasteiger partial charge in [-0.3, -0.25) is 4.90 Å². The van der Waals surface area contributed by atoms with Gasteiger partial charge < -0.3 is 0 Å². The number of hydrogen-bond donors (Lipinski definition) is 0. The molecule has 1 aliphatic heterocycles. The van der Waals surface area contributed by atoms with Gasteiger partial charge in [-0.2, -0.15) is 0 Å². The molecule has 0 aromatic carbocycles. The Morgan fingerprint density at radius 2 is 1.73 bits per heavy atom. The van der Waals surface area contributed by atoms with E-state index in [-0.39, 0.29) is 0 Å². The third-order valence-electron chi connectivity index (χ3n) is 3.89. The first-order valence-corrected chi connectivity index (χ1v) is 6.56. The van der Waals surface area contributed by atoms with Crippen molar-refractivity contribution >= 4 is 0 Å². The smallest absolute Gasteiger partial charge is 0.0156 e. The van der Waals surface area contributed by atoms with E-state index in [9.17, 15) is 0 Å². The normalized spacial score (nSPS) is 24.8. The van der Waals surface area contributed by atoms with E-state index in [4.69, 9.17) is 0 Å². The second-order valence-electron chi connectivity index (χ2n) is 6.78. The van der Waals surface area contributed by atoms with Gasteiger partial charge in [-0.25, -0.2) is 0 Å². The lowest BCUT2D eigenvalue weighted by molar-refractivity contribution is 0.0414. The highest BCUT2D eigenvalue weighted by Crippen LogP contribution is 2.38. The minimum Gasteiger partial charge on any atom is -0.295 e. The fourth-order valence-electron chi connectivity index (χ4n) is 3.15. The van der Waals surface area contributed by atoms with Gasteiger partial charge >= 0.3 is 0 Å². The van der Waals surface area contributed by atoms with Gasteiger partial charge in [-0.05, 0) is 45.1 Å². The van der Waals surface area contributed by atoms with Crippen LogP contribution in [0.1, 0.15) is 67.2 Å². The first-order valence-electron chi connectivity index (χ1n) is 6.56. The van der Waals surface area contributed by atoms with Crippen LogP contribution >= 0.6 is 0 Å². The van der Waals surface area contributed by atoms with Gasteiger partial charge in [0.2, 0.25) is 0 Å². The average Bonchev–Trinajstić information content (AvgIpc) is 2.49. The summed E-state index contributed by atoms with van der Waals surface area (Å²) in [6, 6.07) is 0.777. The molecule has 1 saturated heterocycles. The van der Waals surface area contributed by atoms with E-state index in [0.29, 0.717) is 11.0 Å². The summed E-state index contributed by atoms with van der Waals surface area (Å²) in [5.41, 5.74) is 0.824. The largest absolute Gasteiger partial charge is 0.295 e. The molecule has 1 fully saturated rings. The van der Waals surface area contributed by atoms with Crippen LogP contribution in [0.15, 0.2) is 0 Å². The summed E-state index contributed by atoms with van der Waals surface area (Å²) >= 11 is 0. The van der Waals surface area contributed by atoms with Crippen LogP contribution in [0.5, 0.6) is 0 Å². The summed E-state index contributed by atoms with van der Waals surface area (Å²) in [5, 5.41) is 0. The van der Waals surface area contributed by atoms with Crippen LogP contribution in [-0.2, 0) is 0 Å². The number of likely N-dealkylation sites (tertiary alicyclic amines) is 1. The Balaban J connectivity index is 2.76. The zero-order valence-electron chi connectivity index (χ0n) is 11.6. The molecule has 0 bridgehead atoms. The molecule has 1 rings (SSSR count). The van der Waals surface area contributed by atoms with Crippen molar-refractivity contribution < 1.29 is 0 Å². The molecule has 0 radical (unpaired) electrons. The van der Waals surface area contributed by atoms with Crippen molar-refractivity contribution in [2.75, 3.05) is 6.54 Å². The van der Waals surface area contributed by atoms with Crippen LogP contribution in [0, 0.1) is 5.41 Å². The lowest BCUT2D eigenvalue weighted by atomic mass is 9.82. The van der Waals surface area contributed by atoms with E-state index in [2.05, 4.69) is 46.4 Å². The maximum absolute atomic E-state index is 2.76. The Kier molecular flexibility index (Phi) is 3.86. The highest BCUT2D eigenvalue weighted by Gasteiger charge is 2.40. The van der Waals surface area contributed by atoms with Gasteiger partial charge in [0.05, 0.1) is 0 Å². The summed E-state index contributed by atoms with van der Waals surface area (Å²) in [6.45, 7) is 15.6. The second kappa shape index (κ2) is 4.45. The molecule has 0 aromatic rings. The maximum atomic E-state index is 2.76. The lowest BCUT2D eigenvalue weighted by Gasteiger charge is -2.45. The van der Waals surface area contributed by atoms with Crippen molar-refractivity contribution in [3.8, 4) is 0 Å². The maximum Gasteiger partial charge on any atom is 0.0156 e. The summed E-state index contributed by atoms with van der Waals surface area (Å²) in [6.07, 6.45) is 5.38. The molecule has 1 atom stereocenters. The third kappa shape index (κ3) is 2.96. The van der Waals surface area contributed by atoms with Crippen LogP contribution in [0.3, 0.4) is 0 Å². The topological polar surface area (TPSA) is 3.24 Å². The molecule has 0 aromatic heterocycles. The summed E-state index contributed by atoms with van der Waals surface area (Å²) < 4.78 is 0. The third-order valence-corrected chi connectivity index (χ3v) is 3.89. The fraction of sp³-hybridized carbons (Fsp3) is 1.00. The first kappa shape index (κ1) is 13.0. The minimum absolute atomic E-state index is 0.392. The highest BCUT2D eigenvalue weighted by molar-refractivity contribution is 4.95. The van der Waals surface area contributed by atoms with Gasteiger partial charge in [0.1, 0.15) is 0 Å². The summed E-state index contributed by atoms with van der Waals surface area (Å²) in [4.78, 5) is 2.76. The Hall–Kier alpha value is -0.0400. The highest BCUT2D eigenvalue weighted by atomic mass is 15.2. The van der Waals surface area contributed by atoms with E-state index < -0.39 is 0 Å². The van der Waals surface area contributed by atoms with E-state index >= 15 is 0 Å². The zero-order valence-corrected chi connectivity index (χ0v) is 11.6. The van der Waals surface area contributed by atoms with Gasteiger partial charge in [-0.15, -0.1) is 0 Å². The van der Waals surface area contributed by atoms with Crippen molar-refractivity contribution in [3.05, 3.63) is 0 Å². The average molecular weight is 211 g/mol. The quantitative estimate of drug-likeness (QED) is 0.680. The Labute approximate surface area is 96.2 Å². The molecule has 1 heterocycles. The summed E-state index contributed by atoms with van der Waals surface area (Å²) in [7, 11) is 0. The first-order chi connectivity index (χ1) is 6.79. The molecule has 1 nitrogen and oxygen atoms in total. The van der Waals surface area contributed by atoms with Crippen molar-refractivity contribution in [1.82, 2.24) is 4.90 Å². The van der Waals surface area contributed by atoms with E-state index in [0.717, 1.165) is 6.04 Å². The standard InChI is InChI=1S/C14H29N/c1-7-10-14(5,6)15-11-8-9-12(15)13(2,3)4/h12H,7-11H2,1-6H3. The molecule has 0 spiro atoms.